The van der Waals surface area contributed by atoms with Gasteiger partial charge in [-0.2, -0.15) is 0 Å². The van der Waals surface area contributed by atoms with Gasteiger partial charge < -0.3 is 5.32 Å². The van der Waals surface area contributed by atoms with Crippen LogP contribution in [-0.4, -0.2) is 18.2 Å². The maximum absolute atomic E-state index is 11.4. The highest BCUT2D eigenvalue weighted by molar-refractivity contribution is 7.99. The molecule has 3 heteroatoms. The van der Waals surface area contributed by atoms with Gasteiger partial charge in [-0.15, -0.1) is 18.3 Å². The lowest BCUT2D eigenvalue weighted by Gasteiger charge is -2.04. The van der Waals surface area contributed by atoms with E-state index in [0.29, 0.717) is 12.3 Å². The van der Waals surface area contributed by atoms with Crippen molar-refractivity contribution in [1.82, 2.24) is 5.32 Å². The van der Waals surface area contributed by atoms with E-state index in [0.717, 1.165) is 12.2 Å². The van der Waals surface area contributed by atoms with Gasteiger partial charge in [0.15, 0.2) is 0 Å². The van der Waals surface area contributed by atoms with Crippen LogP contribution in [0.1, 0.15) is 17.5 Å². The summed E-state index contributed by atoms with van der Waals surface area (Å²) < 4.78 is 0. The Morgan fingerprint density at radius 1 is 1.53 bits per heavy atom. The molecule has 0 aliphatic carbocycles. The van der Waals surface area contributed by atoms with E-state index in [1.54, 1.807) is 17.8 Å². The molecule has 0 spiro atoms. The number of aryl methyl sites for hydroxylation is 1. The standard InChI is InChI=1S/C14H19NOS/c1-3-4-8-15-14(16)11-17-10-13-7-5-6-12(2)9-13/h3,5-7,9H,1,4,8,10-11H2,2H3,(H,15,16). The summed E-state index contributed by atoms with van der Waals surface area (Å²) in [6.45, 7) is 6.38. The molecular formula is C14H19NOS. The summed E-state index contributed by atoms with van der Waals surface area (Å²) in [6, 6.07) is 8.38. The molecule has 0 heterocycles. The highest BCUT2D eigenvalue weighted by atomic mass is 32.2. The first kappa shape index (κ1) is 13.8. The number of hydrogen-bond donors (Lipinski definition) is 1. The van der Waals surface area contributed by atoms with Crippen LogP contribution in [0.25, 0.3) is 0 Å². The average Bonchev–Trinajstić information content (AvgIpc) is 2.29. The third kappa shape index (κ3) is 6.17. The second kappa shape index (κ2) is 7.96. The van der Waals surface area contributed by atoms with E-state index in [-0.39, 0.29) is 5.91 Å². The molecule has 0 bridgehead atoms. The van der Waals surface area contributed by atoms with Crippen molar-refractivity contribution < 1.29 is 4.79 Å². The summed E-state index contributed by atoms with van der Waals surface area (Å²) >= 11 is 1.64. The lowest BCUT2D eigenvalue weighted by molar-refractivity contribution is -0.118. The van der Waals surface area contributed by atoms with Gasteiger partial charge in [0.05, 0.1) is 5.75 Å². The maximum atomic E-state index is 11.4. The molecule has 0 saturated carbocycles. The molecule has 0 atom stereocenters. The van der Waals surface area contributed by atoms with Crippen LogP contribution < -0.4 is 5.32 Å². The fourth-order valence-electron chi connectivity index (χ4n) is 1.43. The summed E-state index contributed by atoms with van der Waals surface area (Å²) in [5.74, 6) is 1.51. The molecule has 92 valence electrons. The highest BCUT2D eigenvalue weighted by Crippen LogP contribution is 2.13. The van der Waals surface area contributed by atoms with Gasteiger partial charge in [0.1, 0.15) is 0 Å². The van der Waals surface area contributed by atoms with Crippen molar-refractivity contribution >= 4 is 17.7 Å². The minimum atomic E-state index is 0.101. The first-order chi connectivity index (χ1) is 8.22. The Balaban J connectivity index is 2.19. The van der Waals surface area contributed by atoms with Gasteiger partial charge in [0.2, 0.25) is 5.91 Å². The van der Waals surface area contributed by atoms with Crippen molar-refractivity contribution in [3.8, 4) is 0 Å². The van der Waals surface area contributed by atoms with Crippen LogP contribution in [0, 0.1) is 6.92 Å². The van der Waals surface area contributed by atoms with Crippen LogP contribution in [0.5, 0.6) is 0 Å². The predicted octanol–water partition coefficient (Wildman–Crippen LogP) is 2.92. The third-order valence-corrected chi connectivity index (χ3v) is 3.26. The Morgan fingerprint density at radius 3 is 3.06 bits per heavy atom. The van der Waals surface area contributed by atoms with Crippen LogP contribution in [0.4, 0.5) is 0 Å². The van der Waals surface area contributed by atoms with Gasteiger partial charge in [0, 0.05) is 12.3 Å². The fraction of sp³-hybridized carbons (Fsp3) is 0.357. The molecule has 1 aromatic carbocycles. The number of amides is 1. The van der Waals surface area contributed by atoms with E-state index in [9.17, 15) is 4.79 Å². The van der Waals surface area contributed by atoms with Gasteiger partial charge in [-0.05, 0) is 18.9 Å². The molecule has 0 aromatic heterocycles. The molecule has 0 aliphatic rings. The SMILES string of the molecule is C=CCCNC(=O)CSCc1cccc(C)c1. The van der Waals surface area contributed by atoms with E-state index >= 15 is 0 Å². The highest BCUT2D eigenvalue weighted by Gasteiger charge is 2.00. The Bertz CT molecular complexity index is 376. The molecule has 0 fully saturated rings. The average molecular weight is 249 g/mol. The predicted molar refractivity (Wildman–Crippen MR) is 75.2 cm³/mol. The summed E-state index contributed by atoms with van der Waals surface area (Å²) in [5, 5.41) is 2.85. The molecule has 17 heavy (non-hydrogen) atoms. The zero-order valence-corrected chi connectivity index (χ0v) is 11.1. The van der Waals surface area contributed by atoms with Crippen molar-refractivity contribution in [2.75, 3.05) is 12.3 Å². The van der Waals surface area contributed by atoms with Crippen molar-refractivity contribution in [2.45, 2.75) is 19.1 Å². The Morgan fingerprint density at radius 2 is 2.35 bits per heavy atom. The second-order valence-electron chi connectivity index (χ2n) is 3.91. The molecule has 0 aliphatic heterocycles. The number of thioether (sulfide) groups is 1. The summed E-state index contributed by atoms with van der Waals surface area (Å²) in [5.41, 5.74) is 2.53. The Hall–Kier alpha value is -1.22. The summed E-state index contributed by atoms with van der Waals surface area (Å²) in [4.78, 5) is 11.4. The molecule has 1 amide bonds. The normalized spacial score (nSPS) is 9.94. The van der Waals surface area contributed by atoms with E-state index in [1.165, 1.54) is 11.1 Å². The first-order valence-corrected chi connectivity index (χ1v) is 6.88. The number of nitrogens with one attached hydrogen (secondary N) is 1. The Labute approximate surface area is 107 Å². The number of rotatable bonds is 7. The quantitative estimate of drug-likeness (QED) is 0.594. The van der Waals surface area contributed by atoms with Crippen molar-refractivity contribution in [1.29, 1.82) is 0 Å². The number of benzene rings is 1. The minimum Gasteiger partial charge on any atom is -0.355 e. The second-order valence-corrected chi connectivity index (χ2v) is 4.89. The molecule has 1 rings (SSSR count). The third-order valence-electron chi connectivity index (χ3n) is 2.25. The van der Waals surface area contributed by atoms with Gasteiger partial charge >= 0.3 is 0 Å². The maximum Gasteiger partial charge on any atom is 0.230 e. The minimum absolute atomic E-state index is 0.101. The van der Waals surface area contributed by atoms with E-state index in [2.05, 4.69) is 43.1 Å². The zero-order chi connectivity index (χ0) is 12.5. The fourth-order valence-corrected chi connectivity index (χ4v) is 2.23. The number of hydrogen-bond acceptors (Lipinski definition) is 2. The van der Waals surface area contributed by atoms with E-state index < -0.39 is 0 Å². The summed E-state index contributed by atoms with van der Waals surface area (Å²) in [6.07, 6.45) is 2.63. The summed E-state index contributed by atoms with van der Waals surface area (Å²) in [7, 11) is 0. The van der Waals surface area contributed by atoms with Crippen molar-refractivity contribution in [3.63, 3.8) is 0 Å². The lowest BCUT2D eigenvalue weighted by Crippen LogP contribution is -2.25. The molecule has 1 aromatic rings. The molecule has 0 unspecified atom stereocenters. The zero-order valence-electron chi connectivity index (χ0n) is 10.2. The Kier molecular flexibility index (Phi) is 6.48. The molecule has 2 nitrogen and oxygen atoms in total. The van der Waals surface area contributed by atoms with E-state index in [4.69, 9.17) is 0 Å². The van der Waals surface area contributed by atoms with Gasteiger partial charge in [-0.1, -0.05) is 35.9 Å². The molecule has 0 radical (unpaired) electrons. The molecular weight excluding hydrogens is 230 g/mol. The van der Waals surface area contributed by atoms with Crippen LogP contribution >= 0.6 is 11.8 Å². The van der Waals surface area contributed by atoms with Gasteiger partial charge in [-0.25, -0.2) is 0 Å². The van der Waals surface area contributed by atoms with Gasteiger partial charge in [0.25, 0.3) is 0 Å². The van der Waals surface area contributed by atoms with Crippen LogP contribution in [0.3, 0.4) is 0 Å². The van der Waals surface area contributed by atoms with Crippen LogP contribution in [-0.2, 0) is 10.5 Å². The molecule has 1 N–H and O–H groups in total. The van der Waals surface area contributed by atoms with Gasteiger partial charge in [-0.3, -0.25) is 4.79 Å². The first-order valence-electron chi connectivity index (χ1n) is 5.73. The smallest absolute Gasteiger partial charge is 0.230 e. The van der Waals surface area contributed by atoms with Crippen molar-refractivity contribution in [3.05, 3.63) is 48.0 Å². The van der Waals surface area contributed by atoms with Crippen molar-refractivity contribution in [2.24, 2.45) is 0 Å². The number of carbonyl (C=O) groups is 1. The lowest BCUT2D eigenvalue weighted by atomic mass is 10.2. The topological polar surface area (TPSA) is 29.1 Å². The number of carbonyl (C=O) groups excluding carboxylic acids is 1. The molecule has 0 saturated heterocycles. The monoisotopic (exact) mass is 249 g/mol. The van der Waals surface area contributed by atoms with Crippen LogP contribution in [0.2, 0.25) is 0 Å². The van der Waals surface area contributed by atoms with Crippen LogP contribution in [0.15, 0.2) is 36.9 Å². The largest absolute Gasteiger partial charge is 0.355 e. The van der Waals surface area contributed by atoms with E-state index in [1.807, 2.05) is 0 Å².